The number of halogens is 3. The van der Waals surface area contributed by atoms with Crippen molar-refractivity contribution in [1.29, 1.82) is 0 Å². The predicted octanol–water partition coefficient (Wildman–Crippen LogP) is -1.38. The Morgan fingerprint density at radius 2 is 1.69 bits per heavy atom. The van der Waals surface area contributed by atoms with Gasteiger partial charge in [0.2, 0.25) is 0 Å². The molecular weight excluding hydrogens is 231 g/mol. The monoisotopic (exact) mass is 245 g/mol. The van der Waals surface area contributed by atoms with Crippen LogP contribution in [0, 0.1) is 0 Å². The Labute approximate surface area is 89.8 Å². The third kappa shape index (κ3) is 3.56. The summed E-state index contributed by atoms with van der Waals surface area (Å²) in [5, 5.41) is 29.5. The molecule has 4 N–H and O–H groups in total. The molecule has 1 heterocycles. The summed E-state index contributed by atoms with van der Waals surface area (Å²) in [5.41, 5.74) is 0. The Kier molecular flexibility index (Phi) is 4.51. The lowest BCUT2D eigenvalue weighted by atomic mass is 10.1. The van der Waals surface area contributed by atoms with Gasteiger partial charge in [-0.15, -0.1) is 0 Å². The van der Waals surface area contributed by atoms with Crippen molar-refractivity contribution in [3.63, 3.8) is 0 Å². The van der Waals surface area contributed by atoms with Crippen LogP contribution in [-0.2, 0) is 4.74 Å². The summed E-state index contributed by atoms with van der Waals surface area (Å²) in [6.45, 7) is -1.93. The van der Waals surface area contributed by atoms with Gasteiger partial charge < -0.3 is 25.4 Å². The van der Waals surface area contributed by atoms with Gasteiger partial charge >= 0.3 is 6.18 Å². The third-order valence-electron chi connectivity index (χ3n) is 2.31. The standard InChI is InChI=1S/C8H14F3NO4/c9-8(10,11)3-12-1-4-6(14)7(15)5(2-13)16-4/h4-7,12-15H,1-3H2/t4-,5+,6+,7+/m0/s1. The molecule has 5 nitrogen and oxygen atoms in total. The van der Waals surface area contributed by atoms with E-state index in [2.05, 4.69) is 5.32 Å². The molecule has 16 heavy (non-hydrogen) atoms. The van der Waals surface area contributed by atoms with E-state index in [1.54, 1.807) is 0 Å². The summed E-state index contributed by atoms with van der Waals surface area (Å²) in [6, 6.07) is 0. The first-order valence-electron chi connectivity index (χ1n) is 4.75. The molecule has 1 rings (SSSR count). The van der Waals surface area contributed by atoms with E-state index in [-0.39, 0.29) is 6.54 Å². The van der Waals surface area contributed by atoms with Crippen LogP contribution < -0.4 is 5.32 Å². The normalized spacial score (nSPS) is 35.6. The van der Waals surface area contributed by atoms with E-state index in [9.17, 15) is 23.4 Å². The fraction of sp³-hybridized carbons (Fsp3) is 1.00. The van der Waals surface area contributed by atoms with Gasteiger partial charge in [-0.1, -0.05) is 0 Å². The summed E-state index contributed by atoms with van der Waals surface area (Å²) >= 11 is 0. The maximum absolute atomic E-state index is 11.8. The SMILES string of the molecule is OC[C@H]1O[C@@H](CNCC(F)(F)F)[C@@H](O)[C@@H]1O. The second-order valence-corrected chi connectivity index (χ2v) is 3.62. The smallest absolute Gasteiger partial charge is 0.394 e. The molecule has 0 aliphatic carbocycles. The van der Waals surface area contributed by atoms with Gasteiger partial charge in [-0.2, -0.15) is 13.2 Å². The Balaban J connectivity index is 2.33. The number of ether oxygens (including phenoxy) is 1. The van der Waals surface area contributed by atoms with Crippen LogP contribution in [-0.4, -0.2) is 65.6 Å². The van der Waals surface area contributed by atoms with E-state index >= 15 is 0 Å². The number of aliphatic hydroxyl groups excluding tert-OH is 3. The van der Waals surface area contributed by atoms with Crippen molar-refractivity contribution in [3.05, 3.63) is 0 Å². The van der Waals surface area contributed by atoms with E-state index < -0.39 is 43.7 Å². The molecular formula is C8H14F3NO4. The summed E-state index contributed by atoms with van der Waals surface area (Å²) in [6.07, 6.45) is -8.80. The summed E-state index contributed by atoms with van der Waals surface area (Å²) < 4.78 is 40.3. The molecule has 96 valence electrons. The van der Waals surface area contributed by atoms with Gasteiger partial charge in [0, 0.05) is 6.54 Å². The lowest BCUT2D eigenvalue weighted by molar-refractivity contribution is -0.126. The van der Waals surface area contributed by atoms with Crippen LogP contribution in [0.25, 0.3) is 0 Å². The molecule has 8 heteroatoms. The molecule has 0 aromatic rings. The molecule has 0 radical (unpaired) electrons. The number of rotatable bonds is 4. The molecule has 4 atom stereocenters. The Morgan fingerprint density at radius 3 is 2.12 bits per heavy atom. The number of alkyl halides is 3. The first-order chi connectivity index (χ1) is 7.35. The van der Waals surface area contributed by atoms with Gasteiger partial charge in [-0.25, -0.2) is 0 Å². The molecule has 0 unspecified atom stereocenters. The van der Waals surface area contributed by atoms with Crippen LogP contribution in [0.15, 0.2) is 0 Å². The molecule has 0 amide bonds. The highest BCUT2D eigenvalue weighted by Gasteiger charge is 2.42. The van der Waals surface area contributed by atoms with E-state index in [0.29, 0.717) is 0 Å². The zero-order chi connectivity index (χ0) is 12.3. The molecule has 0 saturated carbocycles. The molecule has 0 aromatic heterocycles. The lowest BCUT2D eigenvalue weighted by Crippen LogP contribution is -2.40. The van der Waals surface area contributed by atoms with Crippen molar-refractivity contribution in [2.45, 2.75) is 30.6 Å². The van der Waals surface area contributed by atoms with Gasteiger partial charge in [0.25, 0.3) is 0 Å². The minimum atomic E-state index is -4.33. The number of nitrogens with one attached hydrogen (secondary N) is 1. The van der Waals surface area contributed by atoms with Gasteiger partial charge in [0.05, 0.1) is 19.3 Å². The second kappa shape index (κ2) is 5.28. The van der Waals surface area contributed by atoms with Crippen molar-refractivity contribution in [1.82, 2.24) is 5.32 Å². The van der Waals surface area contributed by atoms with Crippen LogP contribution >= 0.6 is 0 Å². The summed E-state index contributed by atoms with van der Waals surface area (Å²) in [7, 11) is 0. The van der Waals surface area contributed by atoms with Crippen LogP contribution in [0.5, 0.6) is 0 Å². The highest BCUT2D eigenvalue weighted by atomic mass is 19.4. The number of hydrogen-bond acceptors (Lipinski definition) is 5. The topological polar surface area (TPSA) is 82.0 Å². The maximum atomic E-state index is 11.8. The van der Waals surface area contributed by atoms with Gasteiger partial charge in [-0.3, -0.25) is 0 Å². The molecule has 0 bridgehead atoms. The molecule has 1 saturated heterocycles. The van der Waals surface area contributed by atoms with Crippen molar-refractivity contribution in [2.24, 2.45) is 0 Å². The quantitative estimate of drug-likeness (QED) is 0.491. The largest absolute Gasteiger partial charge is 0.401 e. The first kappa shape index (κ1) is 13.7. The third-order valence-corrected chi connectivity index (χ3v) is 2.31. The molecule has 1 fully saturated rings. The van der Waals surface area contributed by atoms with Gasteiger partial charge in [0.1, 0.15) is 18.3 Å². The van der Waals surface area contributed by atoms with Crippen molar-refractivity contribution in [3.8, 4) is 0 Å². The predicted molar refractivity (Wildman–Crippen MR) is 46.7 cm³/mol. The Hall–Kier alpha value is -0.410. The Bertz CT molecular complexity index is 226. The van der Waals surface area contributed by atoms with Crippen LogP contribution in [0.3, 0.4) is 0 Å². The molecule has 1 aliphatic rings. The van der Waals surface area contributed by atoms with Crippen molar-refractivity contribution >= 4 is 0 Å². The van der Waals surface area contributed by atoms with Crippen LogP contribution in [0.2, 0.25) is 0 Å². The highest BCUT2D eigenvalue weighted by Crippen LogP contribution is 2.21. The fourth-order valence-corrected chi connectivity index (χ4v) is 1.50. The summed E-state index contributed by atoms with van der Waals surface area (Å²) in [4.78, 5) is 0. The molecule has 0 aromatic carbocycles. The van der Waals surface area contributed by atoms with E-state index in [0.717, 1.165) is 0 Å². The Morgan fingerprint density at radius 1 is 1.12 bits per heavy atom. The zero-order valence-electron chi connectivity index (χ0n) is 8.31. The van der Waals surface area contributed by atoms with E-state index in [4.69, 9.17) is 9.84 Å². The average molecular weight is 245 g/mol. The molecule has 0 spiro atoms. The summed E-state index contributed by atoms with van der Waals surface area (Å²) in [5.74, 6) is 0. The lowest BCUT2D eigenvalue weighted by Gasteiger charge is -2.16. The number of hydrogen-bond donors (Lipinski definition) is 4. The first-order valence-corrected chi connectivity index (χ1v) is 4.75. The zero-order valence-corrected chi connectivity index (χ0v) is 8.31. The minimum absolute atomic E-state index is 0.242. The molecule has 1 aliphatic heterocycles. The van der Waals surface area contributed by atoms with Crippen molar-refractivity contribution < 1.29 is 33.2 Å². The minimum Gasteiger partial charge on any atom is -0.394 e. The second-order valence-electron chi connectivity index (χ2n) is 3.62. The average Bonchev–Trinajstić information content (AvgIpc) is 2.44. The maximum Gasteiger partial charge on any atom is 0.401 e. The van der Waals surface area contributed by atoms with E-state index in [1.165, 1.54) is 0 Å². The van der Waals surface area contributed by atoms with Crippen molar-refractivity contribution in [2.75, 3.05) is 19.7 Å². The highest BCUT2D eigenvalue weighted by molar-refractivity contribution is 4.91. The van der Waals surface area contributed by atoms with Crippen LogP contribution in [0.4, 0.5) is 13.2 Å². The number of aliphatic hydroxyl groups is 3. The fourth-order valence-electron chi connectivity index (χ4n) is 1.50. The van der Waals surface area contributed by atoms with Gasteiger partial charge in [-0.05, 0) is 0 Å². The van der Waals surface area contributed by atoms with Crippen LogP contribution in [0.1, 0.15) is 0 Å². The van der Waals surface area contributed by atoms with E-state index in [1.807, 2.05) is 0 Å². The van der Waals surface area contributed by atoms with Gasteiger partial charge in [0.15, 0.2) is 0 Å².